The van der Waals surface area contributed by atoms with Gasteiger partial charge in [-0.05, 0) is 37.1 Å². The molecule has 0 aliphatic heterocycles. The molecule has 0 spiro atoms. The molecule has 1 rings (SSSR count). The standard InChI is InChI=1S/C13H18N2O4/c14-12(17)5-4-11(13(18)19)15-7-6-9-2-1-3-10(16)8-9/h1-3,8,11,15-16H,4-7H2,(H2,14,17)(H,18,19)/t11-/m0/s1. The van der Waals surface area contributed by atoms with Crippen molar-refractivity contribution in [1.82, 2.24) is 5.32 Å². The van der Waals surface area contributed by atoms with E-state index in [1.807, 2.05) is 6.07 Å². The van der Waals surface area contributed by atoms with Crippen LogP contribution in [0.25, 0.3) is 0 Å². The van der Waals surface area contributed by atoms with Crippen LogP contribution in [0.4, 0.5) is 0 Å². The van der Waals surface area contributed by atoms with E-state index < -0.39 is 17.9 Å². The summed E-state index contributed by atoms with van der Waals surface area (Å²) in [6, 6.07) is 5.99. The molecule has 5 N–H and O–H groups in total. The summed E-state index contributed by atoms with van der Waals surface area (Å²) in [5.74, 6) is -1.33. The summed E-state index contributed by atoms with van der Waals surface area (Å²) in [4.78, 5) is 21.6. The molecule has 0 saturated carbocycles. The van der Waals surface area contributed by atoms with Crippen LogP contribution < -0.4 is 11.1 Å². The Bertz CT molecular complexity index is 448. The topological polar surface area (TPSA) is 113 Å². The van der Waals surface area contributed by atoms with Gasteiger partial charge in [0.25, 0.3) is 0 Å². The molecular formula is C13H18N2O4. The van der Waals surface area contributed by atoms with Crippen molar-refractivity contribution in [1.29, 1.82) is 0 Å². The van der Waals surface area contributed by atoms with Gasteiger partial charge in [0, 0.05) is 6.42 Å². The van der Waals surface area contributed by atoms with E-state index in [-0.39, 0.29) is 18.6 Å². The Kier molecular flexibility index (Phi) is 5.81. The van der Waals surface area contributed by atoms with Crippen molar-refractivity contribution in [3.8, 4) is 5.75 Å². The zero-order chi connectivity index (χ0) is 14.3. The summed E-state index contributed by atoms with van der Waals surface area (Å²) in [6.07, 6.45) is 0.801. The molecule has 0 saturated heterocycles. The number of rotatable bonds is 8. The van der Waals surface area contributed by atoms with Gasteiger partial charge in [-0.25, -0.2) is 0 Å². The first-order valence-corrected chi connectivity index (χ1v) is 6.01. The molecule has 0 fully saturated rings. The molecule has 0 unspecified atom stereocenters. The van der Waals surface area contributed by atoms with Crippen LogP contribution in [0.3, 0.4) is 0 Å². The predicted octanol–water partition coefficient (Wildman–Crippen LogP) is 0.243. The van der Waals surface area contributed by atoms with Crippen LogP contribution in [0.5, 0.6) is 5.75 Å². The van der Waals surface area contributed by atoms with E-state index in [0.29, 0.717) is 13.0 Å². The fraction of sp³-hybridized carbons (Fsp3) is 0.385. The van der Waals surface area contributed by atoms with Crippen LogP contribution in [0.15, 0.2) is 24.3 Å². The van der Waals surface area contributed by atoms with Crippen LogP contribution in [0.2, 0.25) is 0 Å². The Morgan fingerprint density at radius 2 is 2.11 bits per heavy atom. The van der Waals surface area contributed by atoms with Crippen LogP contribution in [0.1, 0.15) is 18.4 Å². The minimum Gasteiger partial charge on any atom is -0.508 e. The zero-order valence-electron chi connectivity index (χ0n) is 10.5. The Labute approximate surface area is 111 Å². The van der Waals surface area contributed by atoms with Crippen molar-refractivity contribution in [2.24, 2.45) is 5.73 Å². The van der Waals surface area contributed by atoms with E-state index in [2.05, 4.69) is 5.32 Å². The van der Waals surface area contributed by atoms with Gasteiger partial charge >= 0.3 is 5.97 Å². The molecular weight excluding hydrogens is 248 g/mol. The molecule has 0 aliphatic carbocycles. The van der Waals surface area contributed by atoms with Gasteiger partial charge in [0.1, 0.15) is 11.8 Å². The van der Waals surface area contributed by atoms with E-state index in [4.69, 9.17) is 10.8 Å². The maximum Gasteiger partial charge on any atom is 0.320 e. The number of carbonyl (C=O) groups is 2. The summed E-state index contributed by atoms with van der Waals surface area (Å²) in [6.45, 7) is 0.444. The van der Waals surface area contributed by atoms with Gasteiger partial charge in [-0.15, -0.1) is 0 Å². The minimum absolute atomic E-state index is 0.0378. The molecule has 1 atom stereocenters. The number of phenolic OH excluding ortho intramolecular Hbond substituents is 1. The smallest absolute Gasteiger partial charge is 0.320 e. The number of nitrogens with one attached hydrogen (secondary N) is 1. The van der Waals surface area contributed by atoms with Gasteiger partial charge in [-0.3, -0.25) is 9.59 Å². The highest BCUT2D eigenvalue weighted by Gasteiger charge is 2.16. The van der Waals surface area contributed by atoms with Crippen LogP contribution in [-0.4, -0.2) is 34.7 Å². The summed E-state index contributed by atoms with van der Waals surface area (Å²) in [7, 11) is 0. The van der Waals surface area contributed by atoms with E-state index in [1.165, 1.54) is 0 Å². The maximum atomic E-state index is 11.0. The number of amides is 1. The minimum atomic E-state index is -1.00. The number of carboxylic acids is 1. The molecule has 1 amide bonds. The largest absolute Gasteiger partial charge is 0.508 e. The van der Waals surface area contributed by atoms with E-state index in [0.717, 1.165) is 5.56 Å². The molecule has 0 heterocycles. The average molecular weight is 266 g/mol. The molecule has 104 valence electrons. The van der Waals surface area contributed by atoms with E-state index >= 15 is 0 Å². The Morgan fingerprint density at radius 3 is 2.68 bits per heavy atom. The van der Waals surface area contributed by atoms with Gasteiger partial charge in [0.15, 0.2) is 0 Å². The predicted molar refractivity (Wildman–Crippen MR) is 69.7 cm³/mol. The lowest BCUT2D eigenvalue weighted by molar-refractivity contribution is -0.139. The Balaban J connectivity index is 2.39. The van der Waals surface area contributed by atoms with Crippen LogP contribution in [0, 0.1) is 0 Å². The normalized spacial score (nSPS) is 12.0. The van der Waals surface area contributed by atoms with Crippen LogP contribution in [-0.2, 0) is 16.0 Å². The van der Waals surface area contributed by atoms with Gasteiger partial charge < -0.3 is 21.3 Å². The highest BCUT2D eigenvalue weighted by Crippen LogP contribution is 2.11. The van der Waals surface area contributed by atoms with Crippen molar-refractivity contribution in [3.63, 3.8) is 0 Å². The summed E-state index contributed by atoms with van der Waals surface area (Å²) < 4.78 is 0. The number of nitrogens with two attached hydrogens (primary N) is 1. The fourth-order valence-corrected chi connectivity index (χ4v) is 1.70. The fourth-order valence-electron chi connectivity index (χ4n) is 1.70. The first kappa shape index (κ1) is 15.0. The maximum absolute atomic E-state index is 11.0. The van der Waals surface area contributed by atoms with Gasteiger partial charge in [-0.1, -0.05) is 12.1 Å². The summed E-state index contributed by atoms with van der Waals surface area (Å²) in [5, 5.41) is 21.1. The average Bonchev–Trinajstić information content (AvgIpc) is 2.32. The number of aromatic hydroxyl groups is 1. The third-order valence-corrected chi connectivity index (χ3v) is 2.69. The first-order valence-electron chi connectivity index (χ1n) is 6.01. The molecule has 1 aromatic carbocycles. The molecule has 0 radical (unpaired) electrons. The van der Waals surface area contributed by atoms with Crippen molar-refractivity contribution in [2.75, 3.05) is 6.54 Å². The third kappa shape index (κ3) is 5.87. The lowest BCUT2D eigenvalue weighted by Crippen LogP contribution is -2.38. The van der Waals surface area contributed by atoms with Crippen molar-refractivity contribution in [2.45, 2.75) is 25.3 Å². The molecule has 0 aromatic heterocycles. The number of hydrogen-bond acceptors (Lipinski definition) is 4. The number of benzene rings is 1. The molecule has 6 heteroatoms. The molecule has 0 bridgehead atoms. The SMILES string of the molecule is NC(=O)CC[C@H](NCCc1cccc(O)c1)C(=O)O. The molecule has 0 aliphatic rings. The lowest BCUT2D eigenvalue weighted by atomic mass is 10.1. The van der Waals surface area contributed by atoms with E-state index in [1.54, 1.807) is 18.2 Å². The molecule has 1 aromatic rings. The third-order valence-electron chi connectivity index (χ3n) is 2.69. The zero-order valence-corrected chi connectivity index (χ0v) is 10.5. The highest BCUT2D eigenvalue weighted by molar-refractivity contribution is 5.77. The number of primary amides is 1. The summed E-state index contributed by atoms with van der Waals surface area (Å²) >= 11 is 0. The first-order chi connectivity index (χ1) is 8.99. The van der Waals surface area contributed by atoms with Crippen LogP contribution >= 0.6 is 0 Å². The van der Waals surface area contributed by atoms with Crippen molar-refractivity contribution < 1.29 is 19.8 Å². The quantitative estimate of drug-likeness (QED) is 0.538. The molecule has 19 heavy (non-hydrogen) atoms. The summed E-state index contributed by atoms with van der Waals surface area (Å²) in [5.41, 5.74) is 5.90. The monoisotopic (exact) mass is 266 g/mol. The van der Waals surface area contributed by atoms with Crippen molar-refractivity contribution >= 4 is 11.9 Å². The number of aliphatic carboxylic acids is 1. The second-order valence-electron chi connectivity index (χ2n) is 4.27. The number of hydrogen-bond donors (Lipinski definition) is 4. The van der Waals surface area contributed by atoms with E-state index in [9.17, 15) is 14.7 Å². The lowest BCUT2D eigenvalue weighted by Gasteiger charge is -2.13. The Morgan fingerprint density at radius 1 is 1.37 bits per heavy atom. The number of carbonyl (C=O) groups excluding carboxylic acids is 1. The van der Waals surface area contributed by atoms with Gasteiger partial charge in [-0.2, -0.15) is 0 Å². The van der Waals surface area contributed by atoms with Gasteiger partial charge in [0.2, 0.25) is 5.91 Å². The second kappa shape index (κ2) is 7.38. The second-order valence-corrected chi connectivity index (χ2v) is 4.27. The Hall–Kier alpha value is -2.08. The highest BCUT2D eigenvalue weighted by atomic mass is 16.4. The molecule has 6 nitrogen and oxygen atoms in total. The van der Waals surface area contributed by atoms with Crippen molar-refractivity contribution in [3.05, 3.63) is 29.8 Å². The number of carboxylic acid groups (broad SMARTS) is 1. The van der Waals surface area contributed by atoms with Gasteiger partial charge in [0.05, 0.1) is 0 Å². The number of phenols is 1.